The van der Waals surface area contributed by atoms with Gasteiger partial charge in [-0.15, -0.1) is 12.4 Å². The summed E-state index contributed by atoms with van der Waals surface area (Å²) in [5, 5.41) is 6.16. The molecule has 0 aliphatic heterocycles. The molecule has 0 saturated heterocycles. The van der Waals surface area contributed by atoms with Crippen molar-refractivity contribution in [1.82, 2.24) is 10.6 Å². The minimum Gasteiger partial charge on any atom is -0.314 e. The molecule has 0 amide bonds. The molecule has 0 aliphatic carbocycles. The van der Waals surface area contributed by atoms with Gasteiger partial charge in [0, 0.05) is 12.6 Å². The molecule has 0 aromatic heterocycles. The van der Waals surface area contributed by atoms with Crippen LogP contribution in [0, 0.1) is 0 Å². The van der Waals surface area contributed by atoms with E-state index in [0.29, 0.717) is 0 Å². The molecule has 4 nitrogen and oxygen atoms in total. The van der Waals surface area contributed by atoms with Crippen LogP contribution in [0.25, 0.3) is 0 Å². The van der Waals surface area contributed by atoms with Crippen molar-refractivity contribution in [3.8, 4) is 0 Å². The molecule has 0 aliphatic rings. The SMILES string of the molecule is CCN=C=NC(NC)C(C)NC.Cl. The second-order valence-corrected chi connectivity index (χ2v) is 2.51. The van der Waals surface area contributed by atoms with E-state index in [-0.39, 0.29) is 24.6 Å². The Morgan fingerprint density at radius 3 is 2.31 bits per heavy atom. The van der Waals surface area contributed by atoms with Crippen molar-refractivity contribution in [2.24, 2.45) is 9.98 Å². The molecule has 0 rings (SSSR count). The van der Waals surface area contributed by atoms with Gasteiger partial charge in [-0.3, -0.25) is 5.32 Å². The van der Waals surface area contributed by atoms with Crippen LogP contribution < -0.4 is 10.6 Å². The van der Waals surface area contributed by atoms with E-state index in [1.165, 1.54) is 0 Å². The number of nitrogens with one attached hydrogen (secondary N) is 2. The van der Waals surface area contributed by atoms with Gasteiger partial charge in [-0.25, -0.2) is 9.98 Å². The molecule has 5 heteroatoms. The first kappa shape index (κ1) is 15.1. The van der Waals surface area contributed by atoms with Crippen molar-refractivity contribution in [3.05, 3.63) is 0 Å². The highest BCUT2D eigenvalue weighted by Gasteiger charge is 2.09. The zero-order valence-corrected chi connectivity index (χ0v) is 9.48. The van der Waals surface area contributed by atoms with Gasteiger partial charge in [0.1, 0.15) is 6.17 Å². The van der Waals surface area contributed by atoms with Gasteiger partial charge in [0.05, 0.1) is 6.01 Å². The lowest BCUT2D eigenvalue weighted by Gasteiger charge is -2.16. The minimum absolute atomic E-state index is 0. The first-order chi connectivity index (χ1) is 5.76. The summed E-state index contributed by atoms with van der Waals surface area (Å²) in [7, 11) is 3.77. The van der Waals surface area contributed by atoms with E-state index in [9.17, 15) is 0 Å². The fraction of sp³-hybridized carbons (Fsp3) is 0.875. The normalized spacial score (nSPS) is 13.5. The van der Waals surface area contributed by atoms with Gasteiger partial charge in [0.25, 0.3) is 0 Å². The van der Waals surface area contributed by atoms with Gasteiger partial charge in [-0.2, -0.15) is 0 Å². The number of hydrogen-bond donors (Lipinski definition) is 2. The van der Waals surface area contributed by atoms with Gasteiger partial charge in [-0.1, -0.05) is 0 Å². The number of nitrogens with zero attached hydrogens (tertiary/aromatic N) is 2. The molecular formula is C8H19ClN4. The molecule has 0 heterocycles. The Kier molecular flexibility index (Phi) is 11.2. The van der Waals surface area contributed by atoms with E-state index in [1.54, 1.807) is 0 Å². The predicted octanol–water partition coefficient (Wildman–Crippen LogP) is 0.755. The summed E-state index contributed by atoms with van der Waals surface area (Å²) in [6.45, 7) is 4.74. The Morgan fingerprint density at radius 1 is 1.31 bits per heavy atom. The van der Waals surface area contributed by atoms with E-state index < -0.39 is 0 Å². The first-order valence-electron chi connectivity index (χ1n) is 4.22. The van der Waals surface area contributed by atoms with Crippen molar-refractivity contribution < 1.29 is 0 Å². The van der Waals surface area contributed by atoms with Crippen LogP contribution in [0.5, 0.6) is 0 Å². The molecule has 13 heavy (non-hydrogen) atoms. The van der Waals surface area contributed by atoms with E-state index in [1.807, 2.05) is 21.0 Å². The Hall–Kier alpha value is -0.410. The lowest BCUT2D eigenvalue weighted by atomic mass is 10.3. The smallest absolute Gasteiger partial charge is 0.125 e. The molecule has 0 aromatic rings. The maximum atomic E-state index is 4.11. The van der Waals surface area contributed by atoms with Crippen LogP contribution in [0.15, 0.2) is 9.98 Å². The lowest BCUT2D eigenvalue weighted by molar-refractivity contribution is 0.447. The maximum Gasteiger partial charge on any atom is 0.125 e. The van der Waals surface area contributed by atoms with Crippen LogP contribution in [0.4, 0.5) is 0 Å². The molecule has 0 fully saturated rings. The van der Waals surface area contributed by atoms with Gasteiger partial charge < -0.3 is 5.32 Å². The molecule has 2 unspecified atom stereocenters. The summed E-state index contributed by atoms with van der Waals surface area (Å²) < 4.78 is 0. The Balaban J connectivity index is 0. The summed E-state index contributed by atoms with van der Waals surface area (Å²) in [6.07, 6.45) is 0.0466. The molecule has 0 saturated carbocycles. The molecule has 2 atom stereocenters. The number of halogens is 1. The summed E-state index contributed by atoms with van der Waals surface area (Å²) in [5.41, 5.74) is 0. The largest absolute Gasteiger partial charge is 0.314 e. The zero-order chi connectivity index (χ0) is 9.40. The van der Waals surface area contributed by atoms with Crippen molar-refractivity contribution >= 4 is 18.4 Å². The van der Waals surface area contributed by atoms with Gasteiger partial charge in [0.2, 0.25) is 0 Å². The number of hydrogen-bond acceptors (Lipinski definition) is 4. The molecule has 2 N–H and O–H groups in total. The van der Waals surface area contributed by atoms with Crippen molar-refractivity contribution in [1.29, 1.82) is 0 Å². The molecule has 0 spiro atoms. The number of rotatable bonds is 5. The molecule has 0 aromatic carbocycles. The fourth-order valence-electron chi connectivity index (χ4n) is 0.758. The molecule has 78 valence electrons. The minimum atomic E-state index is 0. The van der Waals surface area contributed by atoms with Crippen LogP contribution in [0.1, 0.15) is 13.8 Å². The van der Waals surface area contributed by atoms with Crippen molar-refractivity contribution in [2.45, 2.75) is 26.1 Å². The molecule has 0 radical (unpaired) electrons. The summed E-state index contributed by atoms with van der Waals surface area (Å²) in [4.78, 5) is 8.00. The van der Waals surface area contributed by atoms with E-state index in [0.717, 1.165) is 6.54 Å². The predicted molar refractivity (Wildman–Crippen MR) is 59.0 cm³/mol. The highest BCUT2D eigenvalue weighted by molar-refractivity contribution is 5.85. The highest BCUT2D eigenvalue weighted by atomic mass is 35.5. The second kappa shape index (κ2) is 9.68. The summed E-state index contributed by atoms with van der Waals surface area (Å²) in [5.74, 6) is 0. The van der Waals surface area contributed by atoms with E-state index >= 15 is 0 Å². The van der Waals surface area contributed by atoms with Crippen molar-refractivity contribution in [3.63, 3.8) is 0 Å². The average Bonchev–Trinajstić information content (AvgIpc) is 2.11. The summed E-state index contributed by atoms with van der Waals surface area (Å²) in [6, 6.07) is 2.94. The lowest BCUT2D eigenvalue weighted by Crippen LogP contribution is -2.41. The standard InChI is InChI=1S/C8H18N4.ClH/c1-5-11-6-12-8(10-4)7(2)9-3;/h7-10H,5H2,1-4H3;1H. The quantitative estimate of drug-likeness (QED) is 0.653. The molecule has 0 bridgehead atoms. The van der Waals surface area contributed by atoms with Crippen LogP contribution >= 0.6 is 12.4 Å². The average molecular weight is 207 g/mol. The van der Waals surface area contributed by atoms with Gasteiger partial charge in [0.15, 0.2) is 0 Å². The topological polar surface area (TPSA) is 48.8 Å². The Bertz CT molecular complexity index is 166. The van der Waals surface area contributed by atoms with Crippen LogP contribution in [0.3, 0.4) is 0 Å². The fourth-order valence-corrected chi connectivity index (χ4v) is 0.758. The van der Waals surface area contributed by atoms with Crippen molar-refractivity contribution in [2.75, 3.05) is 20.6 Å². The first-order valence-corrected chi connectivity index (χ1v) is 4.22. The van der Waals surface area contributed by atoms with Gasteiger partial charge in [-0.05, 0) is 27.9 Å². The molecular weight excluding hydrogens is 188 g/mol. The van der Waals surface area contributed by atoms with Gasteiger partial charge >= 0.3 is 0 Å². The van der Waals surface area contributed by atoms with E-state index in [4.69, 9.17) is 0 Å². The highest BCUT2D eigenvalue weighted by Crippen LogP contribution is 1.91. The summed E-state index contributed by atoms with van der Waals surface area (Å²) >= 11 is 0. The maximum absolute atomic E-state index is 4.11. The third-order valence-corrected chi connectivity index (χ3v) is 1.65. The van der Waals surface area contributed by atoms with E-state index in [2.05, 4.69) is 33.6 Å². The van der Waals surface area contributed by atoms with Crippen LogP contribution in [0.2, 0.25) is 0 Å². The third-order valence-electron chi connectivity index (χ3n) is 1.65. The Morgan fingerprint density at radius 2 is 1.92 bits per heavy atom. The number of likely N-dealkylation sites (N-methyl/N-ethyl adjacent to an activating group) is 2. The Labute approximate surface area is 86.3 Å². The zero-order valence-electron chi connectivity index (χ0n) is 8.66. The monoisotopic (exact) mass is 206 g/mol. The van der Waals surface area contributed by atoms with Crippen LogP contribution in [-0.4, -0.2) is 38.9 Å². The third kappa shape index (κ3) is 6.72. The van der Waals surface area contributed by atoms with Crippen LogP contribution in [-0.2, 0) is 0 Å². The number of aliphatic imine (C=N–C) groups is 2. The second-order valence-electron chi connectivity index (χ2n) is 2.51.